The summed E-state index contributed by atoms with van der Waals surface area (Å²) in [5.41, 5.74) is 2.62. The summed E-state index contributed by atoms with van der Waals surface area (Å²) >= 11 is 10.6. The number of benzene rings is 2. The van der Waals surface area contributed by atoms with Crippen molar-refractivity contribution in [3.63, 3.8) is 0 Å². The second-order valence-electron chi connectivity index (χ2n) is 4.53. The van der Waals surface area contributed by atoms with Gasteiger partial charge in [-0.2, -0.15) is 0 Å². The van der Waals surface area contributed by atoms with Crippen molar-refractivity contribution in [3.8, 4) is 0 Å². The summed E-state index contributed by atoms with van der Waals surface area (Å²) in [6.45, 7) is 2.00. The average Bonchev–Trinajstić information content (AvgIpc) is 2.37. The largest absolute Gasteiger partial charge is 0.207 e. The van der Waals surface area contributed by atoms with Crippen LogP contribution < -0.4 is 0 Å². The Bertz CT molecular complexity index is 641. The molecule has 0 saturated heterocycles. The summed E-state index contributed by atoms with van der Waals surface area (Å²) in [7, 11) is 0. The lowest BCUT2D eigenvalue weighted by molar-refractivity contribution is 0.571. The summed E-state index contributed by atoms with van der Waals surface area (Å²) in [5.74, 6) is -1.08. The first-order valence-corrected chi connectivity index (χ1v) is 8.42. The highest BCUT2D eigenvalue weighted by Gasteiger charge is 2.16. The van der Waals surface area contributed by atoms with E-state index in [0.29, 0.717) is 12.0 Å². The third-order valence-electron chi connectivity index (χ3n) is 3.03. The average molecular weight is 469 g/mol. The quantitative estimate of drug-likeness (QED) is 0.452. The zero-order valence-corrected chi connectivity index (χ0v) is 15.3. The summed E-state index contributed by atoms with van der Waals surface area (Å²) in [6.07, 6.45) is 0.445. The first-order valence-electron chi connectivity index (χ1n) is 5.92. The molecule has 2 aromatic rings. The molecule has 0 saturated carbocycles. The van der Waals surface area contributed by atoms with Crippen molar-refractivity contribution in [2.75, 3.05) is 0 Å². The minimum absolute atomic E-state index is 0.0614. The van der Waals surface area contributed by atoms with E-state index in [2.05, 4.69) is 47.8 Å². The van der Waals surface area contributed by atoms with Gasteiger partial charge in [0.2, 0.25) is 0 Å². The van der Waals surface area contributed by atoms with Gasteiger partial charge in [-0.3, -0.25) is 0 Å². The molecule has 0 aliphatic rings. The smallest absolute Gasteiger partial charge is 0.129 e. The van der Waals surface area contributed by atoms with Crippen LogP contribution >= 0.6 is 47.8 Å². The highest BCUT2D eigenvalue weighted by Crippen LogP contribution is 2.36. The van der Waals surface area contributed by atoms with E-state index in [-0.39, 0.29) is 4.83 Å². The monoisotopic (exact) mass is 466 g/mol. The third kappa shape index (κ3) is 3.68. The van der Waals surface area contributed by atoms with Crippen LogP contribution in [0, 0.1) is 18.6 Å². The molecule has 0 heterocycles. The molecule has 0 nitrogen and oxygen atoms in total. The standard InChI is InChI=1S/C15H11Br3F2/c1-8-4-13(17)11(7-12(8)16)14(18)5-9-2-3-10(19)6-15(9)20/h2-4,6-7,14H,5H2,1H3. The predicted molar refractivity (Wildman–Crippen MR) is 88.3 cm³/mol. The van der Waals surface area contributed by atoms with Crippen LogP contribution in [0.25, 0.3) is 0 Å². The molecular weight excluding hydrogens is 458 g/mol. The molecule has 2 rings (SSSR count). The molecule has 0 N–H and O–H groups in total. The molecule has 5 heteroatoms. The Kier molecular flexibility index (Phi) is 5.37. The Labute approximate surface area is 142 Å². The van der Waals surface area contributed by atoms with Gasteiger partial charge < -0.3 is 0 Å². The van der Waals surface area contributed by atoms with Crippen molar-refractivity contribution >= 4 is 47.8 Å². The van der Waals surface area contributed by atoms with Crippen molar-refractivity contribution in [2.45, 2.75) is 18.2 Å². The van der Waals surface area contributed by atoms with Crippen molar-refractivity contribution in [1.29, 1.82) is 0 Å². The molecular formula is C15H11Br3F2. The number of alkyl halides is 1. The van der Waals surface area contributed by atoms with E-state index >= 15 is 0 Å². The zero-order chi connectivity index (χ0) is 14.9. The molecule has 20 heavy (non-hydrogen) atoms. The summed E-state index contributed by atoms with van der Waals surface area (Å²) in [6, 6.07) is 7.68. The van der Waals surface area contributed by atoms with E-state index in [1.807, 2.05) is 19.1 Å². The highest BCUT2D eigenvalue weighted by molar-refractivity contribution is 9.11. The van der Waals surface area contributed by atoms with Gasteiger partial charge in [0.05, 0.1) is 0 Å². The molecule has 1 atom stereocenters. The van der Waals surface area contributed by atoms with Crippen LogP contribution in [-0.2, 0) is 6.42 Å². The number of rotatable bonds is 3. The Hall–Kier alpha value is -0.260. The second-order valence-corrected chi connectivity index (χ2v) is 7.34. The van der Waals surface area contributed by atoms with E-state index in [1.165, 1.54) is 12.1 Å². The lowest BCUT2D eigenvalue weighted by atomic mass is 10.0. The fourth-order valence-corrected chi connectivity index (χ4v) is 4.02. The molecule has 0 aliphatic carbocycles. The maximum absolute atomic E-state index is 13.7. The normalized spacial score (nSPS) is 12.5. The van der Waals surface area contributed by atoms with Gasteiger partial charge in [0, 0.05) is 19.8 Å². The van der Waals surface area contributed by atoms with Crippen LogP contribution in [0.1, 0.15) is 21.5 Å². The van der Waals surface area contributed by atoms with Crippen molar-refractivity contribution in [1.82, 2.24) is 0 Å². The van der Waals surface area contributed by atoms with Crippen LogP contribution in [0.5, 0.6) is 0 Å². The minimum atomic E-state index is -0.559. The molecule has 0 bridgehead atoms. The van der Waals surface area contributed by atoms with Gasteiger partial charge in [-0.05, 0) is 48.2 Å². The molecule has 2 aromatic carbocycles. The molecule has 1 unspecified atom stereocenters. The Balaban J connectivity index is 2.28. The number of hydrogen-bond acceptors (Lipinski definition) is 0. The van der Waals surface area contributed by atoms with E-state index in [9.17, 15) is 8.78 Å². The van der Waals surface area contributed by atoms with Gasteiger partial charge in [0.1, 0.15) is 11.6 Å². The lowest BCUT2D eigenvalue weighted by Gasteiger charge is -2.14. The molecule has 106 valence electrons. The Morgan fingerprint density at radius 2 is 1.75 bits per heavy atom. The van der Waals surface area contributed by atoms with Crippen LogP contribution in [-0.4, -0.2) is 0 Å². The maximum Gasteiger partial charge on any atom is 0.129 e. The molecule has 0 amide bonds. The van der Waals surface area contributed by atoms with Crippen LogP contribution in [0.4, 0.5) is 8.78 Å². The Morgan fingerprint density at radius 1 is 1.05 bits per heavy atom. The minimum Gasteiger partial charge on any atom is -0.207 e. The van der Waals surface area contributed by atoms with Gasteiger partial charge in [0.15, 0.2) is 0 Å². The van der Waals surface area contributed by atoms with Gasteiger partial charge >= 0.3 is 0 Å². The number of hydrogen-bond donors (Lipinski definition) is 0. The summed E-state index contributed by atoms with van der Waals surface area (Å²) < 4.78 is 28.6. The van der Waals surface area contributed by atoms with Crippen molar-refractivity contribution in [3.05, 3.63) is 67.6 Å². The van der Waals surface area contributed by atoms with Gasteiger partial charge in [0.25, 0.3) is 0 Å². The third-order valence-corrected chi connectivity index (χ3v) is 5.39. The predicted octanol–water partition coefficient (Wildman–Crippen LogP) is 6.48. The first kappa shape index (κ1) is 16.1. The second kappa shape index (κ2) is 6.67. The number of halogens is 5. The lowest BCUT2D eigenvalue weighted by Crippen LogP contribution is -2.00. The highest BCUT2D eigenvalue weighted by atomic mass is 79.9. The van der Waals surface area contributed by atoms with E-state index in [4.69, 9.17) is 0 Å². The Morgan fingerprint density at radius 3 is 2.40 bits per heavy atom. The van der Waals surface area contributed by atoms with Crippen LogP contribution in [0.15, 0.2) is 39.3 Å². The molecule has 0 fully saturated rings. The fraction of sp³-hybridized carbons (Fsp3) is 0.200. The summed E-state index contributed by atoms with van der Waals surface area (Å²) in [4.78, 5) is -0.0614. The van der Waals surface area contributed by atoms with Gasteiger partial charge in [-0.15, -0.1) is 0 Å². The maximum atomic E-state index is 13.7. The number of aryl methyl sites for hydroxylation is 1. The molecule has 0 spiro atoms. The van der Waals surface area contributed by atoms with Crippen molar-refractivity contribution < 1.29 is 8.78 Å². The topological polar surface area (TPSA) is 0 Å². The molecule has 0 radical (unpaired) electrons. The first-order chi connectivity index (χ1) is 9.38. The van der Waals surface area contributed by atoms with Crippen LogP contribution in [0.3, 0.4) is 0 Å². The fourth-order valence-electron chi connectivity index (χ4n) is 1.89. The van der Waals surface area contributed by atoms with Crippen LogP contribution in [0.2, 0.25) is 0 Å². The zero-order valence-electron chi connectivity index (χ0n) is 10.6. The van der Waals surface area contributed by atoms with Gasteiger partial charge in [-0.25, -0.2) is 8.78 Å². The molecule has 0 aliphatic heterocycles. The summed E-state index contributed by atoms with van der Waals surface area (Å²) in [5, 5.41) is 0. The van der Waals surface area contributed by atoms with E-state index in [1.54, 1.807) is 0 Å². The van der Waals surface area contributed by atoms with Crippen molar-refractivity contribution in [2.24, 2.45) is 0 Å². The SMILES string of the molecule is Cc1cc(Br)c(C(Br)Cc2ccc(F)cc2F)cc1Br. The van der Waals surface area contributed by atoms with E-state index in [0.717, 1.165) is 26.1 Å². The van der Waals surface area contributed by atoms with Gasteiger partial charge in [-0.1, -0.05) is 53.9 Å². The molecule has 0 aromatic heterocycles. The van der Waals surface area contributed by atoms with E-state index < -0.39 is 11.6 Å².